The van der Waals surface area contributed by atoms with E-state index in [-0.39, 0.29) is 11.6 Å². The largest absolute Gasteiger partial charge is 0.488 e. The Bertz CT molecular complexity index is 1240. The molecule has 184 valence electrons. The van der Waals surface area contributed by atoms with Gasteiger partial charge in [-0.25, -0.2) is 5.43 Å². The number of carbonyl (C=O) groups is 3. The Hall–Kier alpha value is -4.50. The summed E-state index contributed by atoms with van der Waals surface area (Å²) in [5.41, 5.74) is 4.41. The molecule has 4 rings (SSSR count). The normalized spacial score (nSPS) is 13.3. The first-order valence-corrected chi connectivity index (χ1v) is 11.5. The number of morpholine rings is 1. The van der Waals surface area contributed by atoms with Gasteiger partial charge < -0.3 is 19.7 Å². The number of hydrazone groups is 1. The molecular formula is C27H26N4O5. The minimum absolute atomic E-state index is 0.236. The average molecular weight is 487 g/mol. The highest BCUT2D eigenvalue weighted by atomic mass is 16.5. The number of nitrogens with one attached hydrogen (secondary N) is 2. The van der Waals surface area contributed by atoms with Gasteiger partial charge in [-0.3, -0.25) is 14.4 Å². The third-order valence-electron chi connectivity index (χ3n) is 5.44. The van der Waals surface area contributed by atoms with Crippen molar-refractivity contribution in [3.63, 3.8) is 0 Å². The molecule has 0 atom stereocenters. The van der Waals surface area contributed by atoms with Crippen LogP contribution in [0.25, 0.3) is 0 Å². The van der Waals surface area contributed by atoms with Crippen molar-refractivity contribution in [2.45, 2.75) is 6.61 Å². The van der Waals surface area contributed by atoms with E-state index in [4.69, 9.17) is 9.47 Å². The Morgan fingerprint density at radius 2 is 1.58 bits per heavy atom. The van der Waals surface area contributed by atoms with Crippen molar-refractivity contribution in [3.8, 4) is 5.75 Å². The molecule has 0 aliphatic carbocycles. The Labute approximate surface area is 208 Å². The van der Waals surface area contributed by atoms with Crippen LogP contribution in [0, 0.1) is 0 Å². The van der Waals surface area contributed by atoms with Crippen molar-refractivity contribution in [1.29, 1.82) is 0 Å². The summed E-state index contributed by atoms with van der Waals surface area (Å²) in [7, 11) is 0. The smallest absolute Gasteiger partial charge is 0.329 e. The Morgan fingerprint density at radius 3 is 2.39 bits per heavy atom. The van der Waals surface area contributed by atoms with E-state index in [9.17, 15) is 14.4 Å². The lowest BCUT2D eigenvalue weighted by atomic mass is 10.1. The molecule has 0 aromatic heterocycles. The number of nitrogens with zero attached hydrogens (tertiary/aromatic N) is 2. The Morgan fingerprint density at radius 1 is 0.889 bits per heavy atom. The van der Waals surface area contributed by atoms with E-state index in [1.165, 1.54) is 6.21 Å². The maximum Gasteiger partial charge on any atom is 0.329 e. The predicted octanol–water partition coefficient (Wildman–Crippen LogP) is 2.83. The number of para-hydroxylation sites is 2. The van der Waals surface area contributed by atoms with Gasteiger partial charge in [0.25, 0.3) is 5.91 Å². The molecule has 1 aliphatic heterocycles. The summed E-state index contributed by atoms with van der Waals surface area (Å²) in [4.78, 5) is 39.3. The highest BCUT2D eigenvalue weighted by molar-refractivity contribution is 6.40. The number of carbonyl (C=O) groups excluding carboxylic acids is 3. The highest BCUT2D eigenvalue weighted by Crippen LogP contribution is 2.19. The molecule has 9 nitrogen and oxygen atoms in total. The van der Waals surface area contributed by atoms with Crippen LogP contribution in [0.4, 0.5) is 5.69 Å². The first-order valence-electron chi connectivity index (χ1n) is 11.5. The fraction of sp³-hybridized carbons (Fsp3) is 0.185. The first kappa shape index (κ1) is 24.6. The van der Waals surface area contributed by atoms with Gasteiger partial charge in [0.05, 0.1) is 30.7 Å². The van der Waals surface area contributed by atoms with Crippen molar-refractivity contribution in [3.05, 3.63) is 95.6 Å². The van der Waals surface area contributed by atoms with Crippen LogP contribution >= 0.6 is 0 Å². The highest BCUT2D eigenvalue weighted by Gasteiger charge is 2.22. The van der Waals surface area contributed by atoms with E-state index >= 15 is 0 Å². The molecule has 36 heavy (non-hydrogen) atoms. The van der Waals surface area contributed by atoms with Gasteiger partial charge >= 0.3 is 11.8 Å². The van der Waals surface area contributed by atoms with E-state index in [0.29, 0.717) is 49.8 Å². The molecule has 3 aromatic rings. The second-order valence-corrected chi connectivity index (χ2v) is 7.92. The van der Waals surface area contributed by atoms with Crippen LogP contribution in [0.2, 0.25) is 0 Å². The summed E-state index contributed by atoms with van der Waals surface area (Å²) >= 11 is 0. The summed E-state index contributed by atoms with van der Waals surface area (Å²) in [5.74, 6) is -1.57. The third kappa shape index (κ3) is 6.55. The molecule has 0 saturated carbocycles. The summed E-state index contributed by atoms with van der Waals surface area (Å²) < 4.78 is 11.2. The quantitative estimate of drug-likeness (QED) is 0.303. The monoisotopic (exact) mass is 486 g/mol. The van der Waals surface area contributed by atoms with Gasteiger partial charge in [-0.2, -0.15) is 5.10 Å². The lowest BCUT2D eigenvalue weighted by molar-refractivity contribution is -0.136. The number of hydrogen-bond acceptors (Lipinski definition) is 6. The van der Waals surface area contributed by atoms with Crippen LogP contribution in [-0.2, 0) is 20.9 Å². The van der Waals surface area contributed by atoms with Crippen LogP contribution in [0.3, 0.4) is 0 Å². The van der Waals surface area contributed by atoms with Crippen LogP contribution in [0.1, 0.15) is 21.5 Å². The molecule has 3 amide bonds. The predicted molar refractivity (Wildman–Crippen MR) is 135 cm³/mol. The number of rotatable bonds is 7. The van der Waals surface area contributed by atoms with Gasteiger partial charge in [-0.1, -0.05) is 54.6 Å². The number of benzene rings is 3. The van der Waals surface area contributed by atoms with Gasteiger partial charge in [-0.05, 0) is 29.8 Å². The second kappa shape index (κ2) is 12.3. The van der Waals surface area contributed by atoms with Crippen molar-refractivity contribution in [2.75, 3.05) is 31.6 Å². The maximum absolute atomic E-state index is 12.9. The molecule has 1 aliphatic rings. The molecule has 9 heteroatoms. The standard InChI is InChI=1S/C27H26N4O5/c32-25(29-23-12-6-5-11-22(23)27(34)31-14-16-35-17-15-31)26(33)30-28-18-21-10-4-7-13-24(21)36-19-20-8-2-1-3-9-20/h1-13,18H,14-17,19H2,(H,29,32)(H,30,33). The topological polar surface area (TPSA) is 109 Å². The summed E-state index contributed by atoms with van der Waals surface area (Å²) in [5, 5.41) is 6.40. The van der Waals surface area contributed by atoms with Crippen LogP contribution in [0.5, 0.6) is 5.75 Å². The SMILES string of the molecule is O=C(NN=Cc1ccccc1OCc1ccccc1)C(=O)Nc1ccccc1C(=O)N1CCOCC1. The molecule has 0 unspecified atom stereocenters. The number of hydrogen-bond donors (Lipinski definition) is 2. The van der Waals surface area contributed by atoms with E-state index in [1.807, 2.05) is 42.5 Å². The van der Waals surface area contributed by atoms with Gasteiger partial charge in [-0.15, -0.1) is 0 Å². The minimum Gasteiger partial charge on any atom is -0.488 e. The van der Waals surface area contributed by atoms with Crippen LogP contribution < -0.4 is 15.5 Å². The molecule has 0 bridgehead atoms. The molecule has 0 spiro atoms. The van der Waals surface area contributed by atoms with Crippen molar-refractivity contribution < 1.29 is 23.9 Å². The van der Waals surface area contributed by atoms with Gasteiger partial charge in [0, 0.05) is 18.7 Å². The summed E-state index contributed by atoms with van der Waals surface area (Å²) in [6.07, 6.45) is 1.40. The fourth-order valence-corrected chi connectivity index (χ4v) is 3.56. The molecule has 3 aromatic carbocycles. The molecule has 1 heterocycles. The lowest BCUT2D eigenvalue weighted by Gasteiger charge is -2.27. The molecule has 1 saturated heterocycles. The van der Waals surface area contributed by atoms with Gasteiger partial charge in [0.15, 0.2) is 0 Å². The minimum atomic E-state index is -0.970. The first-order chi connectivity index (χ1) is 17.6. The van der Waals surface area contributed by atoms with Crippen LogP contribution in [0.15, 0.2) is 84.0 Å². The van der Waals surface area contributed by atoms with E-state index in [2.05, 4.69) is 15.8 Å². The number of amides is 3. The molecule has 1 fully saturated rings. The van der Waals surface area contributed by atoms with Crippen molar-refractivity contribution >= 4 is 29.6 Å². The van der Waals surface area contributed by atoms with Gasteiger partial charge in [0.1, 0.15) is 12.4 Å². The van der Waals surface area contributed by atoms with E-state index < -0.39 is 11.8 Å². The summed E-state index contributed by atoms with van der Waals surface area (Å²) in [6.45, 7) is 2.23. The van der Waals surface area contributed by atoms with Crippen molar-refractivity contribution in [1.82, 2.24) is 10.3 Å². The molecular weight excluding hydrogens is 460 g/mol. The van der Waals surface area contributed by atoms with Crippen LogP contribution in [-0.4, -0.2) is 55.1 Å². The van der Waals surface area contributed by atoms with Crippen molar-refractivity contribution in [2.24, 2.45) is 5.10 Å². The Balaban J connectivity index is 1.35. The third-order valence-corrected chi connectivity index (χ3v) is 5.44. The zero-order chi connectivity index (χ0) is 25.2. The lowest BCUT2D eigenvalue weighted by Crippen LogP contribution is -2.41. The van der Waals surface area contributed by atoms with E-state index in [0.717, 1.165) is 5.56 Å². The average Bonchev–Trinajstić information content (AvgIpc) is 2.93. The second-order valence-electron chi connectivity index (χ2n) is 7.92. The molecule has 0 radical (unpaired) electrons. The maximum atomic E-state index is 12.9. The molecule has 2 N–H and O–H groups in total. The van der Waals surface area contributed by atoms with Gasteiger partial charge in [0.2, 0.25) is 0 Å². The zero-order valence-corrected chi connectivity index (χ0v) is 19.6. The number of anilines is 1. The zero-order valence-electron chi connectivity index (χ0n) is 19.6. The Kier molecular flexibility index (Phi) is 8.39. The number of ether oxygens (including phenoxy) is 2. The fourth-order valence-electron chi connectivity index (χ4n) is 3.56. The summed E-state index contributed by atoms with van der Waals surface area (Å²) in [6, 6.07) is 23.5. The van der Waals surface area contributed by atoms with E-state index in [1.54, 1.807) is 41.3 Å².